The smallest absolute Gasteiger partial charge is 0.309 e. The van der Waals surface area contributed by atoms with Crippen molar-refractivity contribution in [3.63, 3.8) is 0 Å². The van der Waals surface area contributed by atoms with Crippen LogP contribution in [0.1, 0.15) is 85.0 Å². The van der Waals surface area contributed by atoms with Crippen molar-refractivity contribution in [3.8, 4) is 0 Å². The van der Waals surface area contributed by atoms with Crippen LogP contribution in [0.3, 0.4) is 0 Å². The molecule has 12 atom stereocenters. The van der Waals surface area contributed by atoms with Crippen LogP contribution in [0.4, 0.5) is 0 Å². The lowest BCUT2D eigenvalue weighted by atomic mass is 9.42. The van der Waals surface area contributed by atoms with Crippen LogP contribution in [0.5, 0.6) is 0 Å². The van der Waals surface area contributed by atoms with Gasteiger partial charge in [0.15, 0.2) is 0 Å². The van der Waals surface area contributed by atoms with Gasteiger partial charge in [0.25, 0.3) is 0 Å². The fourth-order valence-corrected chi connectivity index (χ4v) is 9.61. The minimum absolute atomic E-state index is 0. The number of hydrogen-bond donors (Lipinski definition) is 3. The minimum Gasteiger partial charge on any atom is -0.469 e. The summed E-state index contributed by atoms with van der Waals surface area (Å²) in [7, 11) is 1.51. The largest absolute Gasteiger partial charge is 0.469 e. The Morgan fingerprint density at radius 2 is 1.71 bits per heavy atom. The second-order valence-electron chi connectivity index (χ2n) is 12.8. The number of hydrogen-bond acceptors (Lipinski definition) is 6. The van der Waals surface area contributed by atoms with Crippen molar-refractivity contribution in [3.05, 3.63) is 0 Å². The second kappa shape index (κ2) is 8.98. The Morgan fingerprint density at radius 3 is 2.41 bits per heavy atom. The second-order valence-corrected chi connectivity index (χ2v) is 12.8. The first-order chi connectivity index (χ1) is 15.5. The summed E-state index contributed by atoms with van der Waals surface area (Å²) in [6.07, 6.45) is 8.49. The molecule has 0 spiro atoms. The Balaban J connectivity index is 0.00000274. The molecule has 4 saturated carbocycles. The maximum absolute atomic E-state index is 12.6. The lowest BCUT2D eigenvalue weighted by molar-refractivity contribution is -0.197. The third-order valence-electron chi connectivity index (χ3n) is 11.8. The SMILES string of the molecule is COC(=O)[C@H]1CC[C@@]2(N)[C@@H]3CC[C@@H]4C[C@@H]([C@H]5O[C@@H](C)[C@H](O)C[C@H]5O)CC[C@]4(C)[C@H]3CC[C@]12C.O. The summed E-state index contributed by atoms with van der Waals surface area (Å²) in [6, 6.07) is 0. The Bertz CT molecular complexity index is 778. The number of aliphatic hydroxyl groups excluding tert-OH is 2. The summed E-state index contributed by atoms with van der Waals surface area (Å²) in [5.74, 6) is 1.91. The van der Waals surface area contributed by atoms with Gasteiger partial charge in [-0.15, -0.1) is 0 Å². The topological polar surface area (TPSA) is 134 Å². The van der Waals surface area contributed by atoms with Crippen molar-refractivity contribution in [2.24, 2.45) is 46.2 Å². The first-order valence-electron chi connectivity index (χ1n) is 13.4. The van der Waals surface area contributed by atoms with Gasteiger partial charge in [0.1, 0.15) is 0 Å². The van der Waals surface area contributed by atoms with Crippen molar-refractivity contribution >= 4 is 5.97 Å². The van der Waals surface area contributed by atoms with E-state index in [2.05, 4.69) is 13.8 Å². The highest BCUT2D eigenvalue weighted by molar-refractivity contribution is 5.74. The van der Waals surface area contributed by atoms with E-state index in [9.17, 15) is 15.0 Å². The van der Waals surface area contributed by atoms with Gasteiger partial charge >= 0.3 is 5.97 Å². The molecule has 0 amide bonds. The molecule has 4 aliphatic carbocycles. The first kappa shape index (κ1) is 26.3. The maximum atomic E-state index is 12.6. The van der Waals surface area contributed by atoms with E-state index in [1.165, 1.54) is 13.5 Å². The number of fused-ring (bicyclic) bond motifs is 5. The summed E-state index contributed by atoms with van der Waals surface area (Å²) in [4.78, 5) is 12.6. The molecule has 0 aromatic carbocycles. The van der Waals surface area contributed by atoms with Gasteiger partial charge in [-0.2, -0.15) is 0 Å². The van der Waals surface area contributed by atoms with Crippen LogP contribution in [-0.2, 0) is 14.3 Å². The monoisotopic (exact) mass is 481 g/mol. The fourth-order valence-electron chi connectivity index (χ4n) is 9.61. The van der Waals surface area contributed by atoms with Gasteiger partial charge in [-0.05, 0) is 99.2 Å². The van der Waals surface area contributed by atoms with E-state index in [1.54, 1.807) is 0 Å². The molecule has 0 aromatic heterocycles. The molecule has 34 heavy (non-hydrogen) atoms. The molecule has 1 aliphatic heterocycles. The van der Waals surface area contributed by atoms with Crippen LogP contribution in [0.25, 0.3) is 0 Å². The Morgan fingerprint density at radius 1 is 0.971 bits per heavy atom. The summed E-state index contributed by atoms with van der Waals surface area (Å²) < 4.78 is 11.3. The van der Waals surface area contributed by atoms with Crippen LogP contribution in [-0.4, -0.2) is 58.7 Å². The van der Waals surface area contributed by atoms with E-state index < -0.39 is 12.2 Å². The molecule has 6 N–H and O–H groups in total. The van der Waals surface area contributed by atoms with Crippen LogP contribution in [0, 0.1) is 40.4 Å². The van der Waals surface area contributed by atoms with E-state index in [0.717, 1.165) is 51.4 Å². The Kier molecular flexibility index (Phi) is 6.96. The number of carbonyl (C=O) groups is 1. The lowest BCUT2D eigenvalue weighted by Crippen LogP contribution is -2.67. The third-order valence-corrected chi connectivity index (χ3v) is 11.8. The summed E-state index contributed by atoms with van der Waals surface area (Å²) in [5.41, 5.74) is 7.14. The number of nitrogens with two attached hydrogens (primary N) is 1. The predicted octanol–water partition coefficient (Wildman–Crippen LogP) is 2.59. The zero-order valence-electron chi connectivity index (χ0n) is 21.5. The quantitative estimate of drug-likeness (QED) is 0.519. The summed E-state index contributed by atoms with van der Waals surface area (Å²) in [6.45, 7) is 6.69. The van der Waals surface area contributed by atoms with Crippen LogP contribution in [0.2, 0.25) is 0 Å². The standard InChI is InChI=1S/C27H45NO5.H2O/c1-15-21(29)14-22(30)23(33-15)16-7-10-25(2)17(13-16)5-6-19-18(25)8-11-26(3)20(24(31)32-4)9-12-27(19,26)28;/h15-23,29-30H,5-14,28H2,1-4H3;1H2/t15-,16-,17+,18-,19+,20+,21+,22+,23+,25-,26+,27+;/m0./s1. The van der Waals surface area contributed by atoms with Crippen molar-refractivity contribution in [1.29, 1.82) is 0 Å². The zero-order chi connectivity index (χ0) is 23.8. The average Bonchev–Trinajstić information content (AvgIpc) is 3.06. The van der Waals surface area contributed by atoms with Crippen LogP contribution >= 0.6 is 0 Å². The maximum Gasteiger partial charge on any atom is 0.309 e. The highest BCUT2D eigenvalue weighted by atomic mass is 16.5. The molecule has 0 aromatic rings. The molecule has 196 valence electrons. The highest BCUT2D eigenvalue weighted by Crippen LogP contribution is 2.68. The number of ether oxygens (including phenoxy) is 2. The van der Waals surface area contributed by atoms with E-state index in [0.29, 0.717) is 30.1 Å². The van der Waals surface area contributed by atoms with Gasteiger partial charge in [0, 0.05) is 12.0 Å². The van der Waals surface area contributed by atoms with Gasteiger partial charge < -0.3 is 30.9 Å². The molecular formula is C27H47NO6. The fraction of sp³-hybridized carbons (Fsp3) is 0.963. The number of methoxy groups -OCH3 is 1. The summed E-state index contributed by atoms with van der Waals surface area (Å²) >= 11 is 0. The highest BCUT2D eigenvalue weighted by Gasteiger charge is 2.67. The van der Waals surface area contributed by atoms with Crippen LogP contribution < -0.4 is 5.73 Å². The Labute approximate surface area is 204 Å². The number of esters is 1. The number of rotatable bonds is 2. The molecule has 5 rings (SSSR count). The van der Waals surface area contributed by atoms with E-state index in [4.69, 9.17) is 15.2 Å². The molecule has 1 heterocycles. The van der Waals surface area contributed by atoms with Gasteiger partial charge in [0.2, 0.25) is 0 Å². The predicted molar refractivity (Wildman–Crippen MR) is 129 cm³/mol. The van der Waals surface area contributed by atoms with E-state index in [-0.39, 0.29) is 45.9 Å². The van der Waals surface area contributed by atoms with Gasteiger partial charge in [-0.25, -0.2) is 0 Å². The Hall–Kier alpha value is -0.730. The van der Waals surface area contributed by atoms with Crippen LogP contribution in [0.15, 0.2) is 0 Å². The van der Waals surface area contributed by atoms with Crippen molar-refractivity contribution in [2.45, 2.75) is 115 Å². The van der Waals surface area contributed by atoms with Crippen molar-refractivity contribution in [1.82, 2.24) is 0 Å². The van der Waals surface area contributed by atoms with Crippen molar-refractivity contribution in [2.75, 3.05) is 7.11 Å². The van der Waals surface area contributed by atoms with Gasteiger partial charge in [-0.1, -0.05) is 13.8 Å². The lowest BCUT2D eigenvalue weighted by Gasteiger charge is -2.64. The molecule has 0 bridgehead atoms. The van der Waals surface area contributed by atoms with E-state index in [1.807, 2.05) is 6.92 Å². The molecule has 5 fully saturated rings. The molecule has 1 saturated heterocycles. The average molecular weight is 482 g/mol. The number of carbonyl (C=O) groups excluding carboxylic acids is 1. The summed E-state index contributed by atoms with van der Waals surface area (Å²) in [5, 5.41) is 20.8. The molecule has 7 nitrogen and oxygen atoms in total. The zero-order valence-corrected chi connectivity index (χ0v) is 21.5. The van der Waals surface area contributed by atoms with Gasteiger partial charge in [-0.3, -0.25) is 4.79 Å². The van der Waals surface area contributed by atoms with Crippen molar-refractivity contribution < 1.29 is 30.0 Å². The molecular weight excluding hydrogens is 434 g/mol. The third kappa shape index (κ3) is 3.60. The molecule has 7 heteroatoms. The minimum atomic E-state index is -0.571. The normalized spacial score (nSPS) is 54.7. The van der Waals surface area contributed by atoms with E-state index >= 15 is 0 Å². The molecule has 5 aliphatic rings. The first-order valence-corrected chi connectivity index (χ1v) is 13.4. The molecule has 0 unspecified atom stereocenters. The molecule has 0 radical (unpaired) electrons. The number of aliphatic hydroxyl groups is 2. The van der Waals surface area contributed by atoms with Gasteiger partial charge in [0.05, 0.1) is 37.4 Å².